The molecule has 36 heavy (non-hydrogen) atoms. The molecule has 1 N–H and O–H groups in total. The van der Waals surface area contributed by atoms with Gasteiger partial charge in [-0.2, -0.15) is 0 Å². The molecule has 1 spiro atoms. The smallest absolute Gasteiger partial charge is 0.229 e. The lowest BCUT2D eigenvalue weighted by atomic mass is 9.93. The third-order valence-corrected chi connectivity index (χ3v) is 9.32. The van der Waals surface area contributed by atoms with Crippen LogP contribution in [0.1, 0.15) is 26.2 Å². The van der Waals surface area contributed by atoms with Gasteiger partial charge in [-0.25, -0.2) is 4.98 Å². The lowest BCUT2D eigenvalue weighted by molar-refractivity contribution is -0.118. The second-order valence-corrected chi connectivity index (χ2v) is 11.4. The Morgan fingerprint density at radius 3 is 2.67 bits per heavy atom. The SMILES string of the molecule is CO[C@H]1COC[C@@]1(C)N1CCN(c2cc3cc(NC(=O)[C@@H]4CC45CCOCC5)ncc3cc2Cl)CC1. The van der Waals surface area contributed by atoms with Crippen molar-refractivity contribution in [1.29, 1.82) is 0 Å². The molecule has 3 saturated heterocycles. The van der Waals surface area contributed by atoms with E-state index >= 15 is 0 Å². The second kappa shape index (κ2) is 9.40. The predicted octanol–water partition coefficient (Wildman–Crippen LogP) is 3.57. The van der Waals surface area contributed by atoms with Gasteiger partial charge in [-0.1, -0.05) is 11.6 Å². The number of halogens is 1. The summed E-state index contributed by atoms with van der Waals surface area (Å²) in [5.74, 6) is 0.744. The van der Waals surface area contributed by atoms with Crippen LogP contribution < -0.4 is 10.2 Å². The van der Waals surface area contributed by atoms with Crippen molar-refractivity contribution in [2.24, 2.45) is 11.3 Å². The van der Waals surface area contributed by atoms with Gasteiger partial charge in [0.1, 0.15) is 11.9 Å². The minimum Gasteiger partial charge on any atom is -0.381 e. The number of rotatable bonds is 5. The van der Waals surface area contributed by atoms with E-state index in [0.29, 0.717) is 19.0 Å². The predicted molar refractivity (Wildman–Crippen MR) is 140 cm³/mol. The molecule has 3 aliphatic heterocycles. The molecule has 1 saturated carbocycles. The number of carbonyl (C=O) groups excluding carboxylic acids is 1. The summed E-state index contributed by atoms with van der Waals surface area (Å²) < 4.78 is 16.9. The van der Waals surface area contributed by atoms with Crippen LogP contribution in [0, 0.1) is 11.3 Å². The largest absolute Gasteiger partial charge is 0.381 e. The Morgan fingerprint density at radius 2 is 1.92 bits per heavy atom. The number of amides is 1. The highest BCUT2D eigenvalue weighted by molar-refractivity contribution is 6.34. The molecule has 3 atom stereocenters. The Bertz CT molecular complexity index is 1150. The highest BCUT2D eigenvalue weighted by atomic mass is 35.5. The number of methoxy groups -OCH3 is 1. The molecule has 9 heteroatoms. The molecular formula is C27H35ClN4O4. The average molecular weight is 515 g/mol. The third-order valence-electron chi connectivity index (χ3n) is 9.02. The zero-order chi connectivity index (χ0) is 24.9. The normalized spacial score (nSPS) is 30.1. The van der Waals surface area contributed by atoms with Crippen molar-refractivity contribution >= 4 is 39.8 Å². The Labute approximate surface area is 217 Å². The molecular weight excluding hydrogens is 480 g/mol. The Morgan fingerprint density at radius 1 is 1.14 bits per heavy atom. The van der Waals surface area contributed by atoms with Crippen LogP contribution in [0.2, 0.25) is 5.02 Å². The molecule has 4 aliphatic rings. The van der Waals surface area contributed by atoms with Gasteiger partial charge in [-0.15, -0.1) is 0 Å². The van der Waals surface area contributed by atoms with Crippen LogP contribution in [-0.4, -0.2) is 87.2 Å². The molecule has 1 amide bonds. The Kier molecular flexibility index (Phi) is 6.37. The number of nitrogens with zero attached hydrogens (tertiary/aromatic N) is 3. The first-order valence-electron chi connectivity index (χ1n) is 13.0. The van der Waals surface area contributed by atoms with E-state index in [9.17, 15) is 4.79 Å². The maximum absolute atomic E-state index is 12.9. The number of anilines is 2. The van der Waals surface area contributed by atoms with Gasteiger partial charge < -0.3 is 24.4 Å². The lowest BCUT2D eigenvalue weighted by Gasteiger charge is -2.46. The van der Waals surface area contributed by atoms with Crippen molar-refractivity contribution in [2.45, 2.75) is 37.8 Å². The monoisotopic (exact) mass is 514 g/mol. The van der Waals surface area contributed by atoms with Crippen molar-refractivity contribution in [1.82, 2.24) is 9.88 Å². The highest BCUT2D eigenvalue weighted by Crippen LogP contribution is 2.59. The number of benzene rings is 1. The van der Waals surface area contributed by atoms with Gasteiger partial charge in [0.25, 0.3) is 0 Å². The highest BCUT2D eigenvalue weighted by Gasteiger charge is 2.58. The molecule has 4 heterocycles. The number of hydrogen-bond donors (Lipinski definition) is 1. The summed E-state index contributed by atoms with van der Waals surface area (Å²) in [4.78, 5) is 22.2. The standard InChI is InChI=1S/C27H35ClN4O4/c1-26(17-36-16-23(26)34-2)32-7-5-31(6-8-32)22-12-18-13-24(29-15-19(18)11-21(22)28)30-25(33)20-14-27(20)3-9-35-10-4-27/h11-13,15,20,23H,3-10,14,16-17H2,1-2H3,(H,29,30,33)/t20-,23-,26+/m0/s1. The maximum Gasteiger partial charge on any atom is 0.229 e. The first-order valence-corrected chi connectivity index (χ1v) is 13.4. The van der Waals surface area contributed by atoms with Crippen molar-refractivity contribution in [3.05, 3.63) is 29.4 Å². The van der Waals surface area contributed by atoms with E-state index in [2.05, 4.69) is 33.1 Å². The van der Waals surface area contributed by atoms with Crippen molar-refractivity contribution in [3.8, 4) is 0 Å². The molecule has 6 rings (SSSR count). The van der Waals surface area contributed by atoms with Crippen LogP contribution in [0.5, 0.6) is 0 Å². The zero-order valence-electron chi connectivity index (χ0n) is 21.1. The van der Waals surface area contributed by atoms with Crippen molar-refractivity contribution < 1.29 is 19.0 Å². The summed E-state index contributed by atoms with van der Waals surface area (Å²) in [6.07, 6.45) is 4.79. The minimum absolute atomic E-state index is 0.0702. The number of carbonyl (C=O) groups is 1. The van der Waals surface area contributed by atoms with E-state index in [1.807, 2.05) is 12.1 Å². The summed E-state index contributed by atoms with van der Waals surface area (Å²) in [6, 6.07) is 6.06. The Balaban J connectivity index is 1.15. The van der Waals surface area contributed by atoms with Crippen LogP contribution in [0.25, 0.3) is 10.8 Å². The number of ether oxygens (including phenoxy) is 3. The van der Waals surface area contributed by atoms with Crippen molar-refractivity contribution in [2.75, 3.05) is 69.9 Å². The van der Waals surface area contributed by atoms with Crippen LogP contribution in [0.4, 0.5) is 11.5 Å². The summed E-state index contributed by atoms with van der Waals surface area (Å²) in [5, 5.41) is 5.77. The second-order valence-electron chi connectivity index (χ2n) is 11.0. The summed E-state index contributed by atoms with van der Waals surface area (Å²) >= 11 is 6.73. The molecule has 1 aliphatic carbocycles. The summed E-state index contributed by atoms with van der Waals surface area (Å²) in [7, 11) is 1.77. The van der Waals surface area contributed by atoms with E-state index in [1.54, 1.807) is 13.3 Å². The maximum atomic E-state index is 12.9. The number of fused-ring (bicyclic) bond motifs is 1. The summed E-state index contributed by atoms with van der Waals surface area (Å²) in [6.45, 7) is 8.68. The van der Waals surface area contributed by atoms with E-state index < -0.39 is 0 Å². The fraction of sp³-hybridized carbons (Fsp3) is 0.630. The van der Waals surface area contributed by atoms with Crippen molar-refractivity contribution in [3.63, 3.8) is 0 Å². The van der Waals surface area contributed by atoms with Gasteiger partial charge >= 0.3 is 0 Å². The first-order chi connectivity index (χ1) is 17.4. The number of piperazine rings is 1. The van der Waals surface area contributed by atoms with Gasteiger partial charge in [-0.3, -0.25) is 9.69 Å². The molecule has 4 fully saturated rings. The Hall–Kier alpha value is -1.97. The summed E-state index contributed by atoms with van der Waals surface area (Å²) in [5.41, 5.74) is 1.07. The number of nitrogens with one attached hydrogen (secondary N) is 1. The number of pyridine rings is 1. The molecule has 0 bridgehead atoms. The zero-order valence-corrected chi connectivity index (χ0v) is 21.9. The van der Waals surface area contributed by atoms with Gasteiger partial charge in [0.15, 0.2) is 0 Å². The topological polar surface area (TPSA) is 76.2 Å². The van der Waals surface area contributed by atoms with Gasteiger partial charge in [0.05, 0.1) is 29.5 Å². The molecule has 1 aromatic heterocycles. The molecule has 1 aromatic carbocycles. The molecule has 8 nitrogen and oxygen atoms in total. The molecule has 194 valence electrons. The average Bonchev–Trinajstić information content (AvgIpc) is 3.44. The van der Waals surface area contributed by atoms with Crippen LogP contribution in [-0.2, 0) is 19.0 Å². The van der Waals surface area contributed by atoms with Gasteiger partial charge in [0, 0.05) is 64.0 Å². The van der Waals surface area contributed by atoms with Gasteiger partial charge in [0.2, 0.25) is 5.91 Å². The molecule has 0 unspecified atom stereocenters. The van der Waals surface area contributed by atoms with Crippen LogP contribution in [0.15, 0.2) is 24.4 Å². The van der Waals surface area contributed by atoms with E-state index in [4.69, 9.17) is 25.8 Å². The minimum atomic E-state index is -0.0996. The fourth-order valence-electron chi connectivity index (χ4n) is 6.45. The van der Waals surface area contributed by atoms with Crippen LogP contribution in [0.3, 0.4) is 0 Å². The molecule has 2 aromatic rings. The third kappa shape index (κ3) is 4.27. The van der Waals surface area contributed by atoms with E-state index in [1.165, 1.54) is 0 Å². The number of aromatic nitrogens is 1. The molecule has 0 radical (unpaired) electrons. The van der Waals surface area contributed by atoms with E-state index in [0.717, 1.165) is 80.1 Å². The number of hydrogen-bond acceptors (Lipinski definition) is 7. The van der Waals surface area contributed by atoms with Crippen LogP contribution >= 0.6 is 11.6 Å². The van der Waals surface area contributed by atoms with E-state index in [-0.39, 0.29) is 28.9 Å². The fourth-order valence-corrected chi connectivity index (χ4v) is 6.74. The van der Waals surface area contributed by atoms with Gasteiger partial charge in [-0.05, 0) is 55.2 Å². The lowest BCUT2D eigenvalue weighted by Crippen LogP contribution is -2.61. The quantitative estimate of drug-likeness (QED) is 0.653. The first kappa shape index (κ1) is 24.4.